The van der Waals surface area contributed by atoms with Gasteiger partial charge in [0, 0.05) is 50.8 Å². The molecule has 41 heavy (non-hydrogen) atoms. The number of hydrogen-bond acceptors (Lipinski definition) is 9. The first-order valence-electron chi connectivity index (χ1n) is 13.8. The number of carbonyl (C=O) groups is 2. The number of rotatable bonds is 10. The zero-order valence-electron chi connectivity index (χ0n) is 23.8. The van der Waals surface area contributed by atoms with E-state index < -0.39 is 6.04 Å². The molecule has 3 heterocycles. The Kier molecular flexibility index (Phi) is 9.10. The van der Waals surface area contributed by atoms with Crippen LogP contribution in [0.2, 0.25) is 0 Å². The van der Waals surface area contributed by atoms with Gasteiger partial charge < -0.3 is 33.9 Å². The molecular formula is C29H37N5O7. The summed E-state index contributed by atoms with van der Waals surface area (Å²) in [4.78, 5) is 30.7. The lowest BCUT2D eigenvalue weighted by molar-refractivity contribution is -0.133. The second-order valence-corrected chi connectivity index (χ2v) is 9.89. The molecule has 1 N–H and O–H groups in total. The Hall–Kier alpha value is -4.03. The zero-order valence-corrected chi connectivity index (χ0v) is 23.8. The number of carbonyl (C=O) groups excluding carboxylic acids is 2. The van der Waals surface area contributed by atoms with Crippen molar-refractivity contribution in [1.29, 1.82) is 0 Å². The van der Waals surface area contributed by atoms with Crippen LogP contribution in [0.25, 0.3) is 0 Å². The first kappa shape index (κ1) is 28.5. The van der Waals surface area contributed by atoms with E-state index in [4.69, 9.17) is 28.8 Å². The summed E-state index contributed by atoms with van der Waals surface area (Å²) in [5.74, 6) is 2.25. The van der Waals surface area contributed by atoms with Crippen LogP contribution in [0.3, 0.4) is 0 Å². The van der Waals surface area contributed by atoms with Gasteiger partial charge in [0.05, 0.1) is 39.2 Å². The highest BCUT2D eigenvalue weighted by atomic mass is 16.7. The molecule has 0 radical (unpaired) electrons. The summed E-state index contributed by atoms with van der Waals surface area (Å²) in [7, 11) is 3.18. The number of hydrazone groups is 1. The Balaban J connectivity index is 1.42. The van der Waals surface area contributed by atoms with E-state index in [1.165, 1.54) is 5.01 Å². The number of benzene rings is 2. The number of fused-ring (bicyclic) bond motifs is 1. The van der Waals surface area contributed by atoms with Gasteiger partial charge in [-0.15, -0.1) is 0 Å². The minimum atomic E-state index is -0.408. The van der Waals surface area contributed by atoms with Crippen LogP contribution in [0, 0.1) is 0 Å². The van der Waals surface area contributed by atoms with Gasteiger partial charge in [-0.3, -0.25) is 9.69 Å². The number of methoxy groups -OCH3 is 2. The summed E-state index contributed by atoms with van der Waals surface area (Å²) in [6, 6.07) is 10.5. The predicted molar refractivity (Wildman–Crippen MR) is 151 cm³/mol. The van der Waals surface area contributed by atoms with Crippen LogP contribution in [0.4, 0.5) is 4.79 Å². The molecule has 2 aromatic carbocycles. The molecule has 220 valence electrons. The molecular weight excluding hydrogens is 530 g/mol. The lowest BCUT2D eigenvalue weighted by Gasteiger charge is -2.31. The third-order valence-corrected chi connectivity index (χ3v) is 7.40. The van der Waals surface area contributed by atoms with E-state index in [0.717, 1.165) is 24.2 Å². The van der Waals surface area contributed by atoms with E-state index in [0.29, 0.717) is 68.0 Å². The van der Waals surface area contributed by atoms with Crippen molar-refractivity contribution in [2.24, 2.45) is 5.10 Å². The van der Waals surface area contributed by atoms with Crippen LogP contribution in [0.5, 0.6) is 23.0 Å². The van der Waals surface area contributed by atoms with Crippen LogP contribution >= 0.6 is 0 Å². The molecule has 1 saturated heterocycles. The molecule has 1 atom stereocenters. The van der Waals surface area contributed by atoms with Gasteiger partial charge in [0.15, 0.2) is 11.5 Å². The summed E-state index contributed by atoms with van der Waals surface area (Å²) in [6.07, 6.45) is 0.447. The highest BCUT2D eigenvalue weighted by Crippen LogP contribution is 2.40. The van der Waals surface area contributed by atoms with E-state index in [9.17, 15) is 9.59 Å². The lowest BCUT2D eigenvalue weighted by atomic mass is 9.97. The minimum absolute atomic E-state index is 0.117. The highest BCUT2D eigenvalue weighted by molar-refractivity contribution is 6.05. The molecule has 0 spiro atoms. The average Bonchev–Trinajstić information content (AvgIpc) is 3.66. The molecule has 12 heteroatoms. The Morgan fingerprint density at radius 2 is 1.88 bits per heavy atom. The van der Waals surface area contributed by atoms with Crippen molar-refractivity contribution in [1.82, 2.24) is 20.1 Å². The third-order valence-electron chi connectivity index (χ3n) is 7.40. The molecule has 12 nitrogen and oxygen atoms in total. The van der Waals surface area contributed by atoms with Gasteiger partial charge in [-0.1, -0.05) is 6.07 Å². The van der Waals surface area contributed by atoms with Crippen LogP contribution in [-0.2, 0) is 9.53 Å². The van der Waals surface area contributed by atoms with Gasteiger partial charge in [0.1, 0.15) is 18.0 Å². The number of nitrogens with zero attached hydrogens (tertiary/aromatic N) is 4. The number of morpholine rings is 1. The second-order valence-electron chi connectivity index (χ2n) is 9.89. The average molecular weight is 568 g/mol. The second kappa shape index (κ2) is 13.1. The van der Waals surface area contributed by atoms with Crippen molar-refractivity contribution in [3.8, 4) is 23.0 Å². The summed E-state index contributed by atoms with van der Waals surface area (Å²) >= 11 is 0. The summed E-state index contributed by atoms with van der Waals surface area (Å²) < 4.78 is 27.5. The van der Waals surface area contributed by atoms with Gasteiger partial charge >= 0.3 is 6.03 Å². The van der Waals surface area contributed by atoms with Crippen molar-refractivity contribution < 1.29 is 33.3 Å². The maximum absolute atomic E-state index is 13.9. The van der Waals surface area contributed by atoms with Crippen molar-refractivity contribution >= 4 is 17.6 Å². The molecule has 2 aromatic rings. The molecule has 0 bridgehead atoms. The Morgan fingerprint density at radius 1 is 1.07 bits per heavy atom. The van der Waals surface area contributed by atoms with E-state index in [-0.39, 0.29) is 25.3 Å². The quantitative estimate of drug-likeness (QED) is 0.466. The third kappa shape index (κ3) is 6.49. The first-order chi connectivity index (χ1) is 20.0. The van der Waals surface area contributed by atoms with Gasteiger partial charge in [-0.2, -0.15) is 5.10 Å². The number of nitrogens with one attached hydrogen (secondary N) is 1. The Bertz CT molecular complexity index is 1280. The van der Waals surface area contributed by atoms with Gasteiger partial charge in [-0.25, -0.2) is 9.80 Å². The molecule has 3 aliphatic heterocycles. The summed E-state index contributed by atoms with van der Waals surface area (Å²) in [6.45, 7) is 6.34. The fourth-order valence-electron chi connectivity index (χ4n) is 5.16. The van der Waals surface area contributed by atoms with Crippen LogP contribution in [0.1, 0.15) is 30.5 Å². The van der Waals surface area contributed by atoms with E-state index >= 15 is 0 Å². The van der Waals surface area contributed by atoms with Crippen molar-refractivity contribution in [2.45, 2.75) is 19.4 Å². The normalized spacial score (nSPS) is 18.2. The number of urea groups is 1. The zero-order chi connectivity index (χ0) is 28.8. The van der Waals surface area contributed by atoms with Crippen LogP contribution < -0.4 is 24.3 Å². The van der Waals surface area contributed by atoms with Crippen molar-refractivity contribution in [3.05, 3.63) is 47.5 Å². The topological polar surface area (TPSA) is 114 Å². The summed E-state index contributed by atoms with van der Waals surface area (Å²) in [5, 5.41) is 9.13. The number of amides is 3. The largest absolute Gasteiger partial charge is 0.497 e. The fraction of sp³-hybridized carbons (Fsp3) is 0.483. The fourth-order valence-corrected chi connectivity index (χ4v) is 5.16. The van der Waals surface area contributed by atoms with Crippen LogP contribution in [0.15, 0.2) is 41.5 Å². The summed E-state index contributed by atoms with van der Waals surface area (Å²) in [5.41, 5.74) is 2.31. The molecule has 0 unspecified atom stereocenters. The minimum Gasteiger partial charge on any atom is -0.497 e. The Morgan fingerprint density at radius 3 is 2.63 bits per heavy atom. The number of hydrogen-bond donors (Lipinski definition) is 1. The maximum Gasteiger partial charge on any atom is 0.317 e. The SMILES string of the molecule is CCNC(=O)N(CCN1CCOCC1)CC(=O)N1N=C(c2ccc(OC)cc2OC)C[C@@H]1c1ccc2c(c1)OCO2. The van der Waals surface area contributed by atoms with Crippen molar-refractivity contribution in [2.75, 3.05) is 73.5 Å². The van der Waals surface area contributed by atoms with Gasteiger partial charge in [-0.05, 0) is 36.8 Å². The first-order valence-corrected chi connectivity index (χ1v) is 13.8. The monoisotopic (exact) mass is 567 g/mol. The van der Waals surface area contributed by atoms with Gasteiger partial charge in [0.25, 0.3) is 5.91 Å². The molecule has 5 rings (SSSR count). The highest BCUT2D eigenvalue weighted by Gasteiger charge is 2.36. The Labute approximate surface area is 239 Å². The van der Waals surface area contributed by atoms with E-state index in [2.05, 4.69) is 10.2 Å². The lowest BCUT2D eigenvalue weighted by Crippen LogP contribution is -2.49. The number of ether oxygens (including phenoxy) is 5. The molecule has 0 aliphatic carbocycles. The van der Waals surface area contributed by atoms with E-state index in [1.54, 1.807) is 25.2 Å². The van der Waals surface area contributed by atoms with Gasteiger partial charge in [0.2, 0.25) is 6.79 Å². The molecule has 3 amide bonds. The molecule has 0 aromatic heterocycles. The standard InChI is InChI=1S/C29H37N5O7/c1-4-30-29(36)33(10-9-32-11-13-39-14-12-32)18-28(35)34-24(20-5-8-25-27(15-20)41-19-40-25)17-23(31-34)22-7-6-21(37-2)16-26(22)38-3/h5-8,15-16,24H,4,9-14,17-19H2,1-3H3,(H,30,36)/t24-/m1/s1. The molecule has 0 saturated carbocycles. The smallest absolute Gasteiger partial charge is 0.317 e. The van der Waals surface area contributed by atoms with Crippen LogP contribution in [-0.4, -0.2) is 106 Å². The van der Waals surface area contributed by atoms with E-state index in [1.807, 2.05) is 37.3 Å². The predicted octanol–water partition coefficient (Wildman–Crippen LogP) is 2.47. The maximum atomic E-state index is 13.9. The molecule has 1 fully saturated rings. The molecule has 3 aliphatic rings. The van der Waals surface area contributed by atoms with Crippen molar-refractivity contribution in [3.63, 3.8) is 0 Å².